The summed E-state index contributed by atoms with van der Waals surface area (Å²) in [6.07, 6.45) is 3.39. The number of nitrogens with zero attached hydrogens (tertiary/aromatic N) is 1. The van der Waals surface area contributed by atoms with Crippen LogP contribution in [0.4, 0.5) is 0 Å². The van der Waals surface area contributed by atoms with Crippen LogP contribution in [0.2, 0.25) is 0 Å². The van der Waals surface area contributed by atoms with Gasteiger partial charge in [-0.15, -0.1) is 0 Å². The number of hydrogen-bond acceptors (Lipinski definition) is 2. The quantitative estimate of drug-likeness (QED) is 0.321. The third-order valence-electron chi connectivity index (χ3n) is 0.874. The molecule has 0 aliphatic carbocycles. The van der Waals surface area contributed by atoms with Crippen molar-refractivity contribution >= 4 is 12.6 Å². The van der Waals surface area contributed by atoms with Gasteiger partial charge in [0, 0.05) is 13.1 Å². The van der Waals surface area contributed by atoms with E-state index in [1.165, 1.54) is 0 Å². The van der Waals surface area contributed by atoms with E-state index in [0.717, 1.165) is 19.5 Å². The molecule has 3 heteroatoms. The first-order chi connectivity index (χ1) is 4.41. The molecule has 0 aliphatic heterocycles. The lowest BCUT2D eigenvalue weighted by atomic mass is 10.4. The number of amides is 1. The molecule has 0 fully saturated rings. The van der Waals surface area contributed by atoms with Crippen LogP contribution < -0.4 is 5.32 Å². The molecule has 0 saturated heterocycles. The highest BCUT2D eigenvalue weighted by atomic mass is 16.1. The van der Waals surface area contributed by atoms with Crippen molar-refractivity contribution in [2.45, 2.75) is 13.3 Å². The van der Waals surface area contributed by atoms with Gasteiger partial charge in [-0.05, 0) is 19.6 Å². The Hall–Kier alpha value is -0.860. The predicted molar refractivity (Wildman–Crippen MR) is 37.7 cm³/mol. The van der Waals surface area contributed by atoms with Crippen molar-refractivity contribution in [1.29, 1.82) is 0 Å². The summed E-state index contributed by atoms with van der Waals surface area (Å²) in [6.45, 7) is 3.41. The number of rotatable bonds is 5. The number of carbonyl (C=O) groups is 1. The Morgan fingerprint density at radius 2 is 2.44 bits per heavy atom. The van der Waals surface area contributed by atoms with Crippen LogP contribution in [-0.2, 0) is 4.79 Å². The van der Waals surface area contributed by atoms with Crippen molar-refractivity contribution in [2.24, 2.45) is 4.99 Å². The van der Waals surface area contributed by atoms with E-state index in [1.807, 2.05) is 6.92 Å². The molecule has 0 heterocycles. The Morgan fingerprint density at radius 3 is 3.00 bits per heavy atom. The highest BCUT2D eigenvalue weighted by molar-refractivity contribution is 5.53. The van der Waals surface area contributed by atoms with E-state index in [0.29, 0.717) is 6.41 Å². The maximum Gasteiger partial charge on any atom is 0.207 e. The molecule has 0 aromatic carbocycles. The number of hydrogen-bond donors (Lipinski definition) is 1. The molecule has 0 rings (SSSR count). The first kappa shape index (κ1) is 8.14. The lowest BCUT2D eigenvalue weighted by Gasteiger charge is -1.92. The maximum absolute atomic E-state index is 9.69. The molecular weight excluding hydrogens is 116 g/mol. The average Bonchev–Trinajstić information content (AvgIpc) is 1.89. The van der Waals surface area contributed by atoms with E-state index in [1.54, 1.807) is 6.21 Å². The molecule has 0 aromatic heterocycles. The van der Waals surface area contributed by atoms with Gasteiger partial charge in [-0.25, -0.2) is 0 Å². The van der Waals surface area contributed by atoms with Crippen molar-refractivity contribution in [3.05, 3.63) is 0 Å². The molecule has 0 atom stereocenters. The monoisotopic (exact) mass is 128 g/mol. The summed E-state index contributed by atoms with van der Waals surface area (Å²) in [5.41, 5.74) is 0. The third-order valence-corrected chi connectivity index (χ3v) is 0.874. The second kappa shape index (κ2) is 7.14. The fourth-order valence-corrected chi connectivity index (χ4v) is 0.460. The Bertz CT molecular complexity index is 91.1. The van der Waals surface area contributed by atoms with Gasteiger partial charge in [0.1, 0.15) is 0 Å². The molecule has 0 aromatic rings. The van der Waals surface area contributed by atoms with Crippen molar-refractivity contribution in [3.63, 3.8) is 0 Å². The Kier molecular flexibility index (Phi) is 6.46. The molecule has 1 N–H and O–H groups in total. The smallest absolute Gasteiger partial charge is 0.207 e. The first-order valence-corrected chi connectivity index (χ1v) is 3.03. The van der Waals surface area contributed by atoms with Gasteiger partial charge in [0.25, 0.3) is 0 Å². The predicted octanol–water partition coefficient (Wildman–Crippen LogP) is 0.213. The second-order valence-electron chi connectivity index (χ2n) is 1.59. The third kappa shape index (κ3) is 7.14. The fourth-order valence-electron chi connectivity index (χ4n) is 0.460. The topological polar surface area (TPSA) is 41.5 Å². The summed E-state index contributed by atoms with van der Waals surface area (Å²) >= 11 is 0. The van der Waals surface area contributed by atoms with Crippen LogP contribution in [0.3, 0.4) is 0 Å². The minimum atomic E-state index is 0.704. The van der Waals surface area contributed by atoms with Crippen LogP contribution in [0.5, 0.6) is 0 Å². The van der Waals surface area contributed by atoms with E-state index in [-0.39, 0.29) is 0 Å². The molecular formula is C6H12N2O. The van der Waals surface area contributed by atoms with E-state index in [2.05, 4.69) is 10.3 Å². The number of nitrogens with one attached hydrogen (secondary N) is 1. The SMILES string of the molecule is C/C=N\CCCNC=O. The van der Waals surface area contributed by atoms with Gasteiger partial charge in [-0.2, -0.15) is 0 Å². The minimum absolute atomic E-state index is 0.704. The fraction of sp³-hybridized carbons (Fsp3) is 0.667. The van der Waals surface area contributed by atoms with Crippen molar-refractivity contribution in [2.75, 3.05) is 13.1 Å². The van der Waals surface area contributed by atoms with E-state index in [9.17, 15) is 4.79 Å². The van der Waals surface area contributed by atoms with Crippen molar-refractivity contribution in [1.82, 2.24) is 5.32 Å². The van der Waals surface area contributed by atoms with Gasteiger partial charge in [0.15, 0.2) is 0 Å². The van der Waals surface area contributed by atoms with Gasteiger partial charge in [0.05, 0.1) is 0 Å². The van der Waals surface area contributed by atoms with Gasteiger partial charge in [-0.1, -0.05) is 0 Å². The summed E-state index contributed by atoms with van der Waals surface area (Å²) in [5.74, 6) is 0. The number of carbonyl (C=O) groups excluding carboxylic acids is 1. The largest absolute Gasteiger partial charge is 0.359 e. The zero-order valence-corrected chi connectivity index (χ0v) is 5.63. The van der Waals surface area contributed by atoms with Crippen molar-refractivity contribution < 1.29 is 4.79 Å². The van der Waals surface area contributed by atoms with Crippen LogP contribution in [0.25, 0.3) is 0 Å². The van der Waals surface area contributed by atoms with Crippen LogP contribution in [-0.4, -0.2) is 25.7 Å². The molecule has 0 spiro atoms. The zero-order chi connectivity index (χ0) is 6.95. The second-order valence-corrected chi connectivity index (χ2v) is 1.59. The average molecular weight is 128 g/mol. The Balaban J connectivity index is 2.82. The molecule has 9 heavy (non-hydrogen) atoms. The normalized spacial score (nSPS) is 9.89. The van der Waals surface area contributed by atoms with E-state index in [4.69, 9.17) is 0 Å². The minimum Gasteiger partial charge on any atom is -0.359 e. The van der Waals surface area contributed by atoms with Crippen LogP contribution in [0.1, 0.15) is 13.3 Å². The van der Waals surface area contributed by atoms with Crippen LogP contribution in [0.15, 0.2) is 4.99 Å². The highest BCUT2D eigenvalue weighted by Gasteiger charge is 1.79. The molecule has 1 amide bonds. The summed E-state index contributed by atoms with van der Waals surface area (Å²) in [6, 6.07) is 0. The molecule has 3 nitrogen and oxygen atoms in total. The lowest BCUT2D eigenvalue weighted by Crippen LogP contribution is -2.12. The molecule has 52 valence electrons. The van der Waals surface area contributed by atoms with E-state index >= 15 is 0 Å². The maximum atomic E-state index is 9.69. The molecule has 0 radical (unpaired) electrons. The Labute approximate surface area is 55.2 Å². The molecule has 0 bridgehead atoms. The molecule has 0 aliphatic rings. The standard InChI is InChI=1S/C6H12N2O/c1-2-7-4-3-5-8-6-9/h2,6H,3-5H2,1H3,(H,8,9)/b7-2-. The van der Waals surface area contributed by atoms with Gasteiger partial charge >= 0.3 is 0 Å². The molecule has 0 unspecified atom stereocenters. The molecule has 0 saturated carbocycles. The zero-order valence-electron chi connectivity index (χ0n) is 5.63. The van der Waals surface area contributed by atoms with Gasteiger partial charge in [0.2, 0.25) is 6.41 Å². The van der Waals surface area contributed by atoms with Crippen LogP contribution >= 0.6 is 0 Å². The summed E-state index contributed by atoms with van der Waals surface area (Å²) < 4.78 is 0. The summed E-state index contributed by atoms with van der Waals surface area (Å²) in [4.78, 5) is 13.7. The number of aliphatic imine (C=N–C) groups is 1. The van der Waals surface area contributed by atoms with Crippen LogP contribution in [0, 0.1) is 0 Å². The van der Waals surface area contributed by atoms with Gasteiger partial charge in [-0.3, -0.25) is 9.79 Å². The summed E-state index contributed by atoms with van der Waals surface area (Å²) in [7, 11) is 0. The van der Waals surface area contributed by atoms with E-state index < -0.39 is 0 Å². The van der Waals surface area contributed by atoms with Crippen molar-refractivity contribution in [3.8, 4) is 0 Å². The highest BCUT2D eigenvalue weighted by Crippen LogP contribution is 1.75. The Morgan fingerprint density at radius 1 is 1.67 bits per heavy atom. The summed E-state index contributed by atoms with van der Waals surface area (Å²) in [5, 5.41) is 2.55. The van der Waals surface area contributed by atoms with Gasteiger partial charge < -0.3 is 5.32 Å². The lowest BCUT2D eigenvalue weighted by molar-refractivity contribution is -0.109. The first-order valence-electron chi connectivity index (χ1n) is 3.03.